The molecule has 1 unspecified atom stereocenters. The number of aromatic nitrogens is 2. The Bertz CT molecular complexity index is 286. The third kappa shape index (κ3) is 3.60. The van der Waals surface area contributed by atoms with E-state index in [1.165, 1.54) is 0 Å². The van der Waals surface area contributed by atoms with Crippen LogP contribution in [-0.4, -0.2) is 28.4 Å². The van der Waals surface area contributed by atoms with Gasteiger partial charge in [0.2, 0.25) is 5.89 Å². The average molecular weight is 213 g/mol. The molecule has 1 heterocycles. The molecule has 0 spiro atoms. The Labute approximate surface area is 89.7 Å². The number of hydrogen-bond donors (Lipinski definition) is 2. The van der Waals surface area contributed by atoms with Gasteiger partial charge in [-0.25, -0.2) is 0 Å². The largest absolute Gasteiger partial charge is 0.396 e. The normalized spacial score (nSPS) is 13.4. The minimum absolute atomic E-state index is 0.0381. The van der Waals surface area contributed by atoms with Gasteiger partial charge in [-0.1, -0.05) is 19.0 Å². The van der Waals surface area contributed by atoms with Gasteiger partial charge < -0.3 is 15.4 Å². The minimum Gasteiger partial charge on any atom is -0.396 e. The second kappa shape index (κ2) is 5.82. The van der Waals surface area contributed by atoms with Crippen molar-refractivity contribution in [3.63, 3.8) is 0 Å². The molecule has 0 aromatic carbocycles. The lowest BCUT2D eigenvalue weighted by molar-refractivity contribution is 0.291. The molecule has 0 aliphatic rings. The van der Waals surface area contributed by atoms with Crippen molar-refractivity contribution in [1.82, 2.24) is 10.1 Å². The third-order valence-corrected chi connectivity index (χ3v) is 2.21. The number of nitrogens with two attached hydrogens (primary N) is 1. The lowest BCUT2D eigenvalue weighted by Gasteiger charge is -2.11. The Morgan fingerprint density at radius 3 is 2.73 bits per heavy atom. The molecule has 1 aromatic heterocycles. The Balaban J connectivity index is 2.65. The number of nitrogens with zero attached hydrogens (tertiary/aromatic N) is 2. The first kappa shape index (κ1) is 12.1. The summed E-state index contributed by atoms with van der Waals surface area (Å²) in [6.45, 7) is 4.82. The summed E-state index contributed by atoms with van der Waals surface area (Å²) in [7, 11) is 0. The maximum Gasteiger partial charge on any atom is 0.231 e. The number of aliphatic hydroxyl groups excluding tert-OH is 1. The van der Waals surface area contributed by atoms with Crippen molar-refractivity contribution in [3.05, 3.63) is 11.7 Å². The lowest BCUT2D eigenvalue weighted by Crippen LogP contribution is -2.15. The predicted molar refractivity (Wildman–Crippen MR) is 56.3 cm³/mol. The minimum atomic E-state index is 0.0381. The second-order valence-electron chi connectivity index (χ2n) is 4.08. The molecule has 5 nitrogen and oxygen atoms in total. The molecule has 5 heteroatoms. The fourth-order valence-corrected chi connectivity index (χ4v) is 1.50. The fourth-order valence-electron chi connectivity index (χ4n) is 1.50. The monoisotopic (exact) mass is 213 g/mol. The summed E-state index contributed by atoms with van der Waals surface area (Å²) in [5.74, 6) is 1.82. The maximum absolute atomic E-state index is 8.72. The highest BCUT2D eigenvalue weighted by molar-refractivity contribution is 4.95. The van der Waals surface area contributed by atoms with Crippen molar-refractivity contribution >= 4 is 0 Å². The van der Waals surface area contributed by atoms with Crippen LogP contribution in [0.3, 0.4) is 0 Å². The van der Waals surface area contributed by atoms with Gasteiger partial charge in [-0.05, 0) is 12.3 Å². The Hall–Kier alpha value is -0.940. The molecule has 0 saturated heterocycles. The van der Waals surface area contributed by atoms with Gasteiger partial charge >= 0.3 is 0 Å². The Kier molecular flexibility index (Phi) is 4.71. The summed E-state index contributed by atoms with van der Waals surface area (Å²) in [4.78, 5) is 4.21. The molecule has 0 amide bonds. The Morgan fingerprint density at radius 2 is 2.20 bits per heavy atom. The van der Waals surface area contributed by atoms with Crippen molar-refractivity contribution in [3.8, 4) is 0 Å². The van der Waals surface area contributed by atoms with E-state index in [9.17, 15) is 0 Å². The van der Waals surface area contributed by atoms with E-state index in [0.29, 0.717) is 30.6 Å². The van der Waals surface area contributed by atoms with Gasteiger partial charge in [0.1, 0.15) is 0 Å². The van der Waals surface area contributed by atoms with Crippen LogP contribution < -0.4 is 5.73 Å². The van der Waals surface area contributed by atoms with Crippen LogP contribution in [0, 0.1) is 5.92 Å². The average Bonchev–Trinajstić information content (AvgIpc) is 2.63. The second-order valence-corrected chi connectivity index (χ2v) is 4.08. The number of rotatable bonds is 6. The van der Waals surface area contributed by atoms with Gasteiger partial charge in [-0.2, -0.15) is 4.98 Å². The van der Waals surface area contributed by atoms with Gasteiger partial charge in [0, 0.05) is 13.0 Å². The molecule has 0 aliphatic carbocycles. The first-order chi connectivity index (χ1) is 7.17. The van der Waals surface area contributed by atoms with E-state index >= 15 is 0 Å². The zero-order valence-electron chi connectivity index (χ0n) is 9.31. The van der Waals surface area contributed by atoms with Gasteiger partial charge in [0.05, 0.1) is 12.5 Å². The Morgan fingerprint density at radius 1 is 1.47 bits per heavy atom. The summed E-state index contributed by atoms with van der Waals surface area (Å²) in [6.07, 6.45) is 1.37. The summed E-state index contributed by atoms with van der Waals surface area (Å²) in [5.41, 5.74) is 5.66. The van der Waals surface area contributed by atoms with Crippen LogP contribution in [0.15, 0.2) is 4.52 Å². The van der Waals surface area contributed by atoms with Gasteiger partial charge in [-0.15, -0.1) is 0 Å². The number of aliphatic hydroxyl groups is 1. The molecule has 0 bridgehead atoms. The van der Waals surface area contributed by atoms with E-state index in [0.717, 1.165) is 6.42 Å². The SMILES string of the molecule is CC(C)CC(CN)c1nc(CCO)no1. The first-order valence-electron chi connectivity index (χ1n) is 5.30. The summed E-state index contributed by atoms with van der Waals surface area (Å²) in [6, 6.07) is 0. The molecule has 0 aliphatic heterocycles. The van der Waals surface area contributed by atoms with Crippen molar-refractivity contribution in [2.24, 2.45) is 11.7 Å². The molecular weight excluding hydrogens is 194 g/mol. The van der Waals surface area contributed by atoms with Gasteiger partial charge in [0.15, 0.2) is 5.82 Å². The molecule has 0 saturated carbocycles. The van der Waals surface area contributed by atoms with Crippen LogP contribution in [0.1, 0.15) is 37.9 Å². The summed E-state index contributed by atoms with van der Waals surface area (Å²) < 4.78 is 5.12. The van der Waals surface area contributed by atoms with Gasteiger partial charge in [0.25, 0.3) is 0 Å². The molecule has 1 aromatic rings. The van der Waals surface area contributed by atoms with Crippen molar-refractivity contribution < 1.29 is 9.63 Å². The molecule has 15 heavy (non-hydrogen) atoms. The fraction of sp³-hybridized carbons (Fsp3) is 0.800. The molecule has 1 rings (SSSR count). The molecular formula is C10H19N3O2. The van der Waals surface area contributed by atoms with E-state index in [-0.39, 0.29) is 12.5 Å². The molecule has 0 radical (unpaired) electrons. The third-order valence-electron chi connectivity index (χ3n) is 2.21. The maximum atomic E-state index is 8.72. The van der Waals surface area contributed by atoms with Crippen LogP contribution >= 0.6 is 0 Å². The first-order valence-corrected chi connectivity index (χ1v) is 5.30. The zero-order valence-corrected chi connectivity index (χ0v) is 9.31. The van der Waals surface area contributed by atoms with E-state index in [1.54, 1.807) is 0 Å². The highest BCUT2D eigenvalue weighted by atomic mass is 16.5. The van der Waals surface area contributed by atoms with E-state index in [2.05, 4.69) is 24.0 Å². The predicted octanol–water partition coefficient (Wildman–Crippen LogP) is 0.693. The van der Waals surface area contributed by atoms with E-state index < -0.39 is 0 Å². The van der Waals surface area contributed by atoms with Crippen LogP contribution in [0.4, 0.5) is 0 Å². The molecule has 1 atom stereocenters. The van der Waals surface area contributed by atoms with Crippen LogP contribution in [0.5, 0.6) is 0 Å². The van der Waals surface area contributed by atoms with Crippen LogP contribution in [-0.2, 0) is 6.42 Å². The van der Waals surface area contributed by atoms with E-state index in [4.69, 9.17) is 15.4 Å². The quantitative estimate of drug-likeness (QED) is 0.726. The van der Waals surface area contributed by atoms with Crippen molar-refractivity contribution in [1.29, 1.82) is 0 Å². The highest BCUT2D eigenvalue weighted by Crippen LogP contribution is 2.21. The highest BCUT2D eigenvalue weighted by Gasteiger charge is 2.18. The standard InChI is InChI=1S/C10H19N3O2/c1-7(2)5-8(6-11)10-12-9(3-4-14)13-15-10/h7-8,14H,3-6,11H2,1-2H3. The smallest absolute Gasteiger partial charge is 0.231 e. The van der Waals surface area contributed by atoms with Crippen molar-refractivity contribution in [2.45, 2.75) is 32.6 Å². The van der Waals surface area contributed by atoms with Gasteiger partial charge in [-0.3, -0.25) is 0 Å². The lowest BCUT2D eigenvalue weighted by atomic mass is 9.97. The molecule has 86 valence electrons. The zero-order chi connectivity index (χ0) is 11.3. The molecule has 0 fully saturated rings. The topological polar surface area (TPSA) is 85.2 Å². The van der Waals surface area contributed by atoms with Crippen LogP contribution in [0.25, 0.3) is 0 Å². The summed E-state index contributed by atoms with van der Waals surface area (Å²) >= 11 is 0. The number of hydrogen-bond acceptors (Lipinski definition) is 5. The van der Waals surface area contributed by atoms with Crippen molar-refractivity contribution in [2.75, 3.05) is 13.2 Å². The summed E-state index contributed by atoms with van der Waals surface area (Å²) in [5, 5.41) is 12.5. The van der Waals surface area contributed by atoms with Crippen LogP contribution in [0.2, 0.25) is 0 Å². The molecule has 3 N–H and O–H groups in total. The van der Waals surface area contributed by atoms with E-state index in [1.807, 2.05) is 0 Å².